The minimum atomic E-state index is -4.89. The Hall–Kier alpha value is -3.65. The van der Waals surface area contributed by atoms with Crippen LogP contribution in [-0.4, -0.2) is 55.2 Å². The van der Waals surface area contributed by atoms with E-state index in [0.717, 1.165) is 31.7 Å². The molecule has 15 heteroatoms. The summed E-state index contributed by atoms with van der Waals surface area (Å²) in [5, 5.41) is 8.92. The number of fused-ring (bicyclic) bond motifs is 1. The number of alkyl halides is 5. The van der Waals surface area contributed by atoms with Gasteiger partial charge in [-0.2, -0.15) is 18.3 Å². The predicted molar refractivity (Wildman–Crippen MR) is 143 cm³/mol. The van der Waals surface area contributed by atoms with Crippen LogP contribution >= 0.6 is 0 Å². The lowest BCUT2D eigenvalue weighted by molar-refractivity contribution is -0.148. The maximum absolute atomic E-state index is 15.9. The quantitative estimate of drug-likeness (QED) is 0.230. The molecule has 2 aliphatic carbocycles. The molecule has 0 saturated heterocycles. The van der Waals surface area contributed by atoms with Gasteiger partial charge in [-0.25, -0.2) is 27.8 Å². The number of imidazole rings is 1. The van der Waals surface area contributed by atoms with Gasteiger partial charge in [-0.3, -0.25) is 9.59 Å². The number of H-pyrrole nitrogens is 1. The van der Waals surface area contributed by atoms with Crippen LogP contribution in [0, 0.1) is 23.6 Å². The zero-order chi connectivity index (χ0) is 31.3. The Bertz CT molecular complexity index is 1470. The van der Waals surface area contributed by atoms with E-state index in [0.29, 0.717) is 18.8 Å². The second-order valence-corrected chi connectivity index (χ2v) is 12.0. The van der Waals surface area contributed by atoms with Gasteiger partial charge in [0.25, 0.3) is 11.8 Å². The first kappa shape index (κ1) is 30.8. The molecule has 2 amide bonds. The highest BCUT2D eigenvalue weighted by Crippen LogP contribution is 2.54. The molecule has 2 heterocycles. The van der Waals surface area contributed by atoms with Crippen LogP contribution in [0.15, 0.2) is 18.5 Å². The number of hydrogen-bond acceptors (Lipinski definition) is 5. The highest BCUT2D eigenvalue weighted by Gasteiger charge is 2.48. The fourth-order valence-electron chi connectivity index (χ4n) is 5.67. The van der Waals surface area contributed by atoms with E-state index in [9.17, 15) is 31.5 Å². The molecule has 0 aliphatic heterocycles. The summed E-state index contributed by atoms with van der Waals surface area (Å²) < 4.78 is 84.3. The number of aromatic amines is 1. The summed E-state index contributed by atoms with van der Waals surface area (Å²) in [6.45, 7) is 2.99. The average Bonchev–Trinajstić information content (AvgIpc) is 3.83. The van der Waals surface area contributed by atoms with Crippen LogP contribution in [0.5, 0.6) is 0 Å². The molecule has 2 aromatic heterocycles. The number of aromatic nitrogens is 5. The summed E-state index contributed by atoms with van der Waals surface area (Å²) in [4.78, 5) is 37.6. The second-order valence-electron chi connectivity index (χ2n) is 12.0. The van der Waals surface area contributed by atoms with Crippen LogP contribution in [0.4, 0.5) is 26.3 Å². The van der Waals surface area contributed by atoms with Crippen molar-refractivity contribution in [3.05, 3.63) is 41.5 Å². The summed E-state index contributed by atoms with van der Waals surface area (Å²) >= 11 is 0. The number of carbonyl (C=O) groups excluding carboxylic acids is 2. The van der Waals surface area contributed by atoms with Crippen LogP contribution in [0.2, 0.25) is 0 Å². The Morgan fingerprint density at radius 3 is 2.30 bits per heavy atom. The highest BCUT2D eigenvalue weighted by molar-refractivity contribution is 5.91. The molecule has 5 rings (SSSR count). The number of hydrogen-bond donors (Lipinski definition) is 3. The number of carbonyl (C=O) groups is 2. The molecule has 0 unspecified atom stereocenters. The molecular weight excluding hydrogens is 580 g/mol. The van der Waals surface area contributed by atoms with Gasteiger partial charge in [0.15, 0.2) is 5.82 Å². The van der Waals surface area contributed by atoms with E-state index in [-0.39, 0.29) is 34.6 Å². The van der Waals surface area contributed by atoms with E-state index < -0.39 is 60.2 Å². The van der Waals surface area contributed by atoms with Crippen molar-refractivity contribution in [2.24, 2.45) is 17.8 Å². The molecule has 2 fully saturated rings. The normalized spacial score (nSPS) is 17.5. The van der Waals surface area contributed by atoms with Crippen molar-refractivity contribution in [1.29, 1.82) is 0 Å². The number of halogens is 6. The molecule has 2 saturated carbocycles. The SMILES string of the molecule is CC(C)n1ncnc1C(=O)N[C@H](c1nc2c(F)c([C@@H](CC(F)(F)F)C(=O)NCC(C)(F)F)ccc2[nH]1)C(C1CC1)C1CC1. The van der Waals surface area contributed by atoms with Crippen LogP contribution < -0.4 is 10.6 Å². The summed E-state index contributed by atoms with van der Waals surface area (Å²) in [7, 11) is 0. The fraction of sp³-hybridized carbons (Fsp3) is 0.607. The third kappa shape index (κ3) is 7.12. The van der Waals surface area contributed by atoms with E-state index in [1.54, 1.807) is 5.32 Å². The summed E-state index contributed by atoms with van der Waals surface area (Å²) in [5.74, 6) is -7.62. The molecule has 2 aliphatic rings. The van der Waals surface area contributed by atoms with E-state index in [1.807, 2.05) is 13.8 Å². The number of rotatable bonds is 12. The summed E-state index contributed by atoms with van der Waals surface area (Å²) in [5.41, 5.74) is -0.785. The number of nitrogens with zero attached hydrogens (tertiary/aromatic N) is 4. The van der Waals surface area contributed by atoms with E-state index in [1.165, 1.54) is 17.1 Å². The van der Waals surface area contributed by atoms with Gasteiger partial charge < -0.3 is 15.6 Å². The molecule has 0 radical (unpaired) electrons. The first-order valence-corrected chi connectivity index (χ1v) is 14.2. The largest absolute Gasteiger partial charge is 0.390 e. The van der Waals surface area contributed by atoms with Crippen molar-refractivity contribution >= 4 is 22.8 Å². The third-order valence-electron chi connectivity index (χ3n) is 7.91. The van der Waals surface area contributed by atoms with Crippen molar-refractivity contribution in [2.45, 2.75) is 83.0 Å². The van der Waals surface area contributed by atoms with Gasteiger partial charge in [-0.15, -0.1) is 0 Å². The molecular formula is C28H33F6N7O2. The first-order valence-electron chi connectivity index (χ1n) is 14.2. The molecule has 3 N–H and O–H groups in total. The number of amides is 2. The summed E-state index contributed by atoms with van der Waals surface area (Å²) in [6.07, 6.45) is -1.54. The van der Waals surface area contributed by atoms with Crippen molar-refractivity contribution in [1.82, 2.24) is 35.4 Å². The van der Waals surface area contributed by atoms with Crippen molar-refractivity contribution < 1.29 is 35.9 Å². The maximum atomic E-state index is 15.9. The zero-order valence-corrected chi connectivity index (χ0v) is 23.8. The lowest BCUT2D eigenvalue weighted by atomic mass is 9.88. The van der Waals surface area contributed by atoms with Crippen LogP contribution in [0.1, 0.15) is 92.9 Å². The van der Waals surface area contributed by atoms with Gasteiger partial charge >= 0.3 is 6.18 Å². The maximum Gasteiger partial charge on any atom is 0.390 e. The standard InChI is InChI=1S/C28H33F6N7O2/c1-13(2)41-24(36-12-37-41)26(43)40-22(19(14-4-5-14)15-6-7-15)23-38-18-9-8-16(20(29)21(18)39-23)17(10-28(32,33)34)25(42)35-11-27(3,30)31/h8-9,12-15,17,19,22H,4-7,10-11H2,1-3H3,(H,35,42)(H,38,39)(H,40,43)/t17-,22+/m1/s1. The Kier molecular flexibility index (Phi) is 8.20. The smallest absolute Gasteiger partial charge is 0.350 e. The minimum Gasteiger partial charge on any atom is -0.350 e. The molecule has 43 heavy (non-hydrogen) atoms. The number of benzene rings is 1. The Labute approximate surface area is 243 Å². The topological polar surface area (TPSA) is 118 Å². The van der Waals surface area contributed by atoms with Crippen molar-refractivity contribution in [3.8, 4) is 0 Å². The molecule has 0 bridgehead atoms. The third-order valence-corrected chi connectivity index (χ3v) is 7.91. The van der Waals surface area contributed by atoms with Gasteiger partial charge in [0.2, 0.25) is 11.7 Å². The van der Waals surface area contributed by atoms with Gasteiger partial charge in [0, 0.05) is 18.5 Å². The van der Waals surface area contributed by atoms with Gasteiger partial charge in [-0.05, 0) is 63.4 Å². The van der Waals surface area contributed by atoms with Crippen LogP contribution in [0.3, 0.4) is 0 Å². The minimum absolute atomic E-state index is 0.0121. The van der Waals surface area contributed by atoms with E-state index >= 15 is 4.39 Å². The molecule has 234 valence electrons. The fourth-order valence-corrected chi connectivity index (χ4v) is 5.67. The lowest BCUT2D eigenvalue weighted by Crippen LogP contribution is -2.39. The zero-order valence-electron chi connectivity index (χ0n) is 23.8. The predicted octanol–water partition coefficient (Wildman–Crippen LogP) is 5.59. The highest BCUT2D eigenvalue weighted by atomic mass is 19.4. The van der Waals surface area contributed by atoms with Crippen molar-refractivity contribution in [2.75, 3.05) is 6.54 Å². The molecule has 3 aromatic rings. The van der Waals surface area contributed by atoms with Crippen molar-refractivity contribution in [3.63, 3.8) is 0 Å². The molecule has 1 aromatic carbocycles. The Morgan fingerprint density at radius 1 is 1.09 bits per heavy atom. The second kappa shape index (κ2) is 11.5. The van der Waals surface area contributed by atoms with E-state index in [2.05, 4.69) is 25.4 Å². The number of nitrogens with one attached hydrogen (secondary N) is 3. The van der Waals surface area contributed by atoms with Gasteiger partial charge in [0.05, 0.1) is 30.4 Å². The molecule has 2 atom stereocenters. The molecule has 0 spiro atoms. The monoisotopic (exact) mass is 613 g/mol. The van der Waals surface area contributed by atoms with E-state index in [4.69, 9.17) is 0 Å². The van der Waals surface area contributed by atoms with Gasteiger partial charge in [0.1, 0.15) is 17.7 Å². The van der Waals surface area contributed by atoms with Crippen LogP contribution in [0.25, 0.3) is 11.0 Å². The first-order chi connectivity index (χ1) is 20.1. The Balaban J connectivity index is 1.51. The Morgan fingerprint density at radius 2 is 1.74 bits per heavy atom. The molecule has 9 nitrogen and oxygen atoms in total. The summed E-state index contributed by atoms with van der Waals surface area (Å²) in [6, 6.07) is 1.50. The average molecular weight is 614 g/mol. The van der Waals surface area contributed by atoms with Gasteiger partial charge in [-0.1, -0.05) is 6.07 Å². The van der Waals surface area contributed by atoms with Crippen LogP contribution in [-0.2, 0) is 4.79 Å². The lowest BCUT2D eigenvalue weighted by Gasteiger charge is -2.27.